The number of benzene rings is 1. The molecule has 21 heavy (non-hydrogen) atoms. The minimum atomic E-state index is -0.143. The van der Waals surface area contributed by atoms with E-state index in [4.69, 9.17) is 4.74 Å². The molecule has 1 heterocycles. The topological polar surface area (TPSA) is 49.9 Å². The quantitative estimate of drug-likeness (QED) is 0.832. The average Bonchev–Trinajstić information content (AvgIpc) is 2.45. The molecule has 0 aliphatic carbocycles. The van der Waals surface area contributed by atoms with Gasteiger partial charge in [0.2, 0.25) is 5.91 Å². The summed E-state index contributed by atoms with van der Waals surface area (Å²) < 4.78 is 6.05. The predicted octanol–water partition coefficient (Wildman–Crippen LogP) is 1.63. The van der Waals surface area contributed by atoms with E-state index in [9.17, 15) is 9.59 Å². The van der Waals surface area contributed by atoms with Gasteiger partial charge in [-0.05, 0) is 12.1 Å². The van der Waals surface area contributed by atoms with Gasteiger partial charge in [0.05, 0.1) is 12.1 Å². The van der Waals surface area contributed by atoms with Crippen molar-refractivity contribution in [3.05, 3.63) is 29.8 Å². The third-order valence-electron chi connectivity index (χ3n) is 3.93. The van der Waals surface area contributed by atoms with Gasteiger partial charge in [-0.15, -0.1) is 0 Å². The summed E-state index contributed by atoms with van der Waals surface area (Å²) >= 11 is 0. The predicted molar refractivity (Wildman–Crippen MR) is 80.3 cm³/mol. The zero-order chi connectivity index (χ0) is 15.6. The molecule has 0 saturated carbocycles. The van der Waals surface area contributed by atoms with Gasteiger partial charge in [0.1, 0.15) is 11.9 Å². The van der Waals surface area contributed by atoms with Crippen LogP contribution in [0, 0.1) is 5.92 Å². The van der Waals surface area contributed by atoms with Crippen molar-refractivity contribution in [3.8, 4) is 5.75 Å². The molecule has 0 unspecified atom stereocenters. The van der Waals surface area contributed by atoms with Crippen molar-refractivity contribution in [2.24, 2.45) is 5.92 Å². The Labute approximate surface area is 125 Å². The van der Waals surface area contributed by atoms with Gasteiger partial charge in [-0.25, -0.2) is 0 Å². The van der Waals surface area contributed by atoms with Crippen molar-refractivity contribution in [1.29, 1.82) is 0 Å². The lowest BCUT2D eigenvalue weighted by molar-refractivity contribution is -0.129. The lowest BCUT2D eigenvalue weighted by Crippen LogP contribution is -2.45. The first-order chi connectivity index (χ1) is 9.90. The molecule has 5 nitrogen and oxygen atoms in total. The van der Waals surface area contributed by atoms with E-state index in [0.717, 1.165) is 0 Å². The molecule has 1 aromatic rings. The summed E-state index contributed by atoms with van der Waals surface area (Å²) in [5, 5.41) is 0. The number of fused-ring (bicyclic) bond motifs is 1. The van der Waals surface area contributed by atoms with Crippen LogP contribution in [0.15, 0.2) is 24.3 Å². The molecule has 1 aliphatic rings. The van der Waals surface area contributed by atoms with Gasteiger partial charge in [0.15, 0.2) is 0 Å². The zero-order valence-corrected chi connectivity index (χ0v) is 13.0. The number of carbonyl (C=O) groups excluding carboxylic acids is 2. The monoisotopic (exact) mass is 290 g/mol. The average molecular weight is 290 g/mol. The minimum Gasteiger partial charge on any atom is -0.487 e. The van der Waals surface area contributed by atoms with Crippen LogP contribution in [0.3, 0.4) is 0 Å². The van der Waals surface area contributed by atoms with E-state index in [2.05, 4.69) is 0 Å². The molecule has 2 amide bonds. The second kappa shape index (κ2) is 6.16. The zero-order valence-electron chi connectivity index (χ0n) is 13.0. The van der Waals surface area contributed by atoms with E-state index < -0.39 is 0 Å². The van der Waals surface area contributed by atoms with Crippen molar-refractivity contribution in [2.75, 3.05) is 27.2 Å². The van der Waals surface area contributed by atoms with Crippen molar-refractivity contribution in [2.45, 2.75) is 20.0 Å². The van der Waals surface area contributed by atoms with E-state index in [1.54, 1.807) is 36.0 Å². The number of para-hydroxylation sites is 1. The SMILES string of the molecule is CC(=O)N(C)C[C@@H]1Oc2ccccc2C(=O)N(C)C[C@@H]1C. The van der Waals surface area contributed by atoms with Crippen LogP contribution in [0.1, 0.15) is 24.2 Å². The fourth-order valence-corrected chi connectivity index (χ4v) is 2.48. The highest BCUT2D eigenvalue weighted by Crippen LogP contribution is 2.26. The Bertz CT molecular complexity index is 544. The Kier molecular flexibility index (Phi) is 4.50. The second-order valence-corrected chi connectivity index (χ2v) is 5.71. The molecule has 2 rings (SSSR count). The van der Waals surface area contributed by atoms with Gasteiger partial charge in [-0.2, -0.15) is 0 Å². The van der Waals surface area contributed by atoms with Crippen molar-refractivity contribution >= 4 is 11.8 Å². The fraction of sp³-hybridized carbons (Fsp3) is 0.500. The molecule has 5 heteroatoms. The molecular weight excluding hydrogens is 268 g/mol. The first-order valence-electron chi connectivity index (χ1n) is 7.13. The van der Waals surface area contributed by atoms with Crippen LogP contribution in [-0.4, -0.2) is 54.9 Å². The summed E-state index contributed by atoms with van der Waals surface area (Å²) in [5.74, 6) is 0.693. The molecule has 0 aromatic heterocycles. The molecule has 0 spiro atoms. The first-order valence-corrected chi connectivity index (χ1v) is 7.13. The number of hydrogen-bond donors (Lipinski definition) is 0. The Balaban J connectivity index is 2.31. The van der Waals surface area contributed by atoms with Gasteiger partial charge >= 0.3 is 0 Å². The lowest BCUT2D eigenvalue weighted by Gasteiger charge is -2.34. The summed E-state index contributed by atoms with van der Waals surface area (Å²) in [7, 11) is 3.56. The van der Waals surface area contributed by atoms with Crippen molar-refractivity contribution in [3.63, 3.8) is 0 Å². The normalized spacial score (nSPS) is 21.9. The molecule has 0 fully saturated rings. The van der Waals surface area contributed by atoms with Crippen LogP contribution in [0.5, 0.6) is 5.75 Å². The number of likely N-dealkylation sites (N-methyl/N-ethyl adjacent to an activating group) is 1. The van der Waals surface area contributed by atoms with Crippen molar-refractivity contribution < 1.29 is 14.3 Å². The van der Waals surface area contributed by atoms with Gasteiger partial charge in [0.25, 0.3) is 5.91 Å². The maximum atomic E-state index is 12.4. The highest BCUT2D eigenvalue weighted by molar-refractivity contribution is 5.96. The van der Waals surface area contributed by atoms with Gasteiger partial charge < -0.3 is 14.5 Å². The Morgan fingerprint density at radius 2 is 2.10 bits per heavy atom. The first kappa shape index (κ1) is 15.4. The standard InChI is InChI=1S/C16H22N2O3/c1-11-9-18(4)16(20)13-7-5-6-8-14(13)21-15(11)10-17(3)12(2)19/h5-8,11,15H,9-10H2,1-4H3/t11-,15-/m0/s1. The van der Waals surface area contributed by atoms with E-state index >= 15 is 0 Å². The molecule has 1 aromatic carbocycles. The number of carbonyl (C=O) groups is 2. The van der Waals surface area contributed by atoms with Crippen LogP contribution in [0.25, 0.3) is 0 Å². The van der Waals surface area contributed by atoms with Gasteiger partial charge in [-0.1, -0.05) is 19.1 Å². The highest BCUT2D eigenvalue weighted by Gasteiger charge is 2.29. The fourth-order valence-electron chi connectivity index (χ4n) is 2.48. The summed E-state index contributed by atoms with van der Waals surface area (Å²) in [4.78, 5) is 27.2. The maximum Gasteiger partial charge on any atom is 0.257 e. The lowest BCUT2D eigenvalue weighted by atomic mass is 10.0. The van der Waals surface area contributed by atoms with Crippen LogP contribution < -0.4 is 4.74 Å². The largest absolute Gasteiger partial charge is 0.487 e. The van der Waals surface area contributed by atoms with Crippen LogP contribution in [0.4, 0.5) is 0 Å². The van der Waals surface area contributed by atoms with E-state index in [1.807, 2.05) is 19.1 Å². The number of amides is 2. The molecule has 0 bridgehead atoms. The molecule has 114 valence electrons. The molecule has 0 radical (unpaired) electrons. The smallest absolute Gasteiger partial charge is 0.257 e. The minimum absolute atomic E-state index is 0.00516. The Morgan fingerprint density at radius 3 is 2.76 bits per heavy atom. The van der Waals surface area contributed by atoms with Crippen molar-refractivity contribution in [1.82, 2.24) is 9.80 Å². The van der Waals surface area contributed by atoms with Gasteiger partial charge in [-0.3, -0.25) is 9.59 Å². The van der Waals surface area contributed by atoms with E-state index in [-0.39, 0.29) is 23.8 Å². The van der Waals surface area contributed by atoms with Crippen LogP contribution >= 0.6 is 0 Å². The number of nitrogens with zero attached hydrogens (tertiary/aromatic N) is 2. The molecule has 1 aliphatic heterocycles. The third kappa shape index (κ3) is 3.35. The molecule has 0 saturated heterocycles. The van der Waals surface area contributed by atoms with E-state index in [0.29, 0.717) is 24.4 Å². The number of ether oxygens (including phenoxy) is 1. The van der Waals surface area contributed by atoms with E-state index in [1.165, 1.54) is 6.92 Å². The second-order valence-electron chi connectivity index (χ2n) is 5.71. The molecule has 0 N–H and O–H groups in total. The van der Waals surface area contributed by atoms with Gasteiger partial charge in [0, 0.05) is 33.5 Å². The summed E-state index contributed by atoms with van der Waals surface area (Å²) in [5.41, 5.74) is 0.572. The molecule has 2 atom stereocenters. The Hall–Kier alpha value is -2.04. The number of rotatable bonds is 2. The summed E-state index contributed by atoms with van der Waals surface area (Å²) in [6.45, 7) is 4.68. The highest BCUT2D eigenvalue weighted by atomic mass is 16.5. The molecular formula is C16H22N2O3. The summed E-state index contributed by atoms with van der Waals surface area (Å²) in [6.07, 6.45) is -0.143. The third-order valence-corrected chi connectivity index (χ3v) is 3.93. The maximum absolute atomic E-state index is 12.4. The summed E-state index contributed by atoms with van der Waals surface area (Å²) in [6, 6.07) is 7.26. The number of hydrogen-bond acceptors (Lipinski definition) is 3. The van der Waals surface area contributed by atoms with Crippen LogP contribution in [-0.2, 0) is 4.79 Å². The Morgan fingerprint density at radius 1 is 1.43 bits per heavy atom. The van der Waals surface area contributed by atoms with Crippen LogP contribution in [0.2, 0.25) is 0 Å².